The average Bonchev–Trinajstić information content (AvgIpc) is 2.68. The molecule has 1 fully saturated rings. The molecule has 1 aliphatic carbocycles. The minimum atomic E-state index is -0.0929. The number of benzene rings is 1. The topological polar surface area (TPSA) is 55.1 Å². The van der Waals surface area contributed by atoms with Gasteiger partial charge in [0.05, 0.1) is 5.02 Å². The smallest absolute Gasteiger partial charge is 0.251 e. The standard InChI is InChI=1S/C12H14BrClN2O/c13-8-6-7(4-5-9(8)14)12(17)16-11-3-1-2-10(11)15/h4-6,10-11H,1-3,15H2,(H,16,17). The van der Waals surface area contributed by atoms with Gasteiger partial charge in [0, 0.05) is 22.1 Å². The van der Waals surface area contributed by atoms with E-state index in [0.29, 0.717) is 10.6 Å². The molecule has 2 unspecified atom stereocenters. The summed E-state index contributed by atoms with van der Waals surface area (Å²) >= 11 is 9.18. The Labute approximate surface area is 114 Å². The number of nitrogens with two attached hydrogens (primary N) is 1. The molecule has 3 nitrogen and oxygen atoms in total. The van der Waals surface area contributed by atoms with Crippen LogP contribution < -0.4 is 11.1 Å². The van der Waals surface area contributed by atoms with Crippen LogP contribution in [0, 0.1) is 0 Å². The molecule has 2 rings (SSSR count). The van der Waals surface area contributed by atoms with Crippen molar-refractivity contribution in [3.05, 3.63) is 33.3 Å². The third-order valence-electron chi connectivity index (χ3n) is 3.07. The van der Waals surface area contributed by atoms with Gasteiger partial charge in [0.15, 0.2) is 0 Å². The molecule has 0 saturated heterocycles. The van der Waals surface area contributed by atoms with Crippen LogP contribution in [0.4, 0.5) is 0 Å². The Balaban J connectivity index is 2.06. The highest BCUT2D eigenvalue weighted by molar-refractivity contribution is 9.10. The van der Waals surface area contributed by atoms with Gasteiger partial charge >= 0.3 is 0 Å². The SMILES string of the molecule is NC1CCCC1NC(=O)c1ccc(Cl)c(Br)c1. The summed E-state index contributed by atoms with van der Waals surface area (Å²) in [6, 6.07) is 5.31. The Morgan fingerprint density at radius 3 is 2.82 bits per heavy atom. The second-order valence-electron chi connectivity index (χ2n) is 4.30. The van der Waals surface area contributed by atoms with Gasteiger partial charge < -0.3 is 11.1 Å². The Kier molecular flexibility index (Phi) is 4.07. The van der Waals surface area contributed by atoms with Crippen LogP contribution in [0.1, 0.15) is 29.6 Å². The van der Waals surface area contributed by atoms with Crippen molar-refractivity contribution in [1.82, 2.24) is 5.32 Å². The fraction of sp³-hybridized carbons (Fsp3) is 0.417. The van der Waals surface area contributed by atoms with Crippen LogP contribution in [0.3, 0.4) is 0 Å². The number of rotatable bonds is 2. The summed E-state index contributed by atoms with van der Waals surface area (Å²) in [5, 5.41) is 3.56. The first kappa shape index (κ1) is 12.9. The molecule has 0 heterocycles. The van der Waals surface area contributed by atoms with Crippen LogP contribution in [0.25, 0.3) is 0 Å². The van der Waals surface area contributed by atoms with Gasteiger partial charge in [-0.15, -0.1) is 0 Å². The fourth-order valence-electron chi connectivity index (χ4n) is 2.06. The van der Waals surface area contributed by atoms with Gasteiger partial charge in [-0.3, -0.25) is 4.79 Å². The van der Waals surface area contributed by atoms with Gasteiger partial charge in [-0.05, 0) is 53.4 Å². The second kappa shape index (κ2) is 5.38. The van der Waals surface area contributed by atoms with Crippen molar-refractivity contribution < 1.29 is 4.79 Å². The number of halogens is 2. The van der Waals surface area contributed by atoms with Crippen LogP contribution in [0.5, 0.6) is 0 Å². The second-order valence-corrected chi connectivity index (χ2v) is 5.57. The van der Waals surface area contributed by atoms with Crippen LogP contribution in [0.15, 0.2) is 22.7 Å². The van der Waals surface area contributed by atoms with Crippen molar-refractivity contribution in [1.29, 1.82) is 0 Å². The third-order valence-corrected chi connectivity index (χ3v) is 4.28. The van der Waals surface area contributed by atoms with Gasteiger partial charge in [-0.1, -0.05) is 11.6 Å². The normalized spacial score (nSPS) is 23.7. The highest BCUT2D eigenvalue weighted by atomic mass is 79.9. The van der Waals surface area contributed by atoms with Crippen LogP contribution in [0.2, 0.25) is 5.02 Å². The minimum Gasteiger partial charge on any atom is -0.348 e. The average molecular weight is 318 g/mol. The van der Waals surface area contributed by atoms with E-state index in [9.17, 15) is 4.79 Å². The lowest BCUT2D eigenvalue weighted by molar-refractivity contribution is 0.0934. The minimum absolute atomic E-state index is 0.0784. The highest BCUT2D eigenvalue weighted by Gasteiger charge is 2.25. The zero-order valence-corrected chi connectivity index (χ0v) is 11.6. The Hall–Kier alpha value is -0.580. The Morgan fingerprint density at radius 1 is 1.47 bits per heavy atom. The van der Waals surface area contributed by atoms with E-state index < -0.39 is 0 Å². The quantitative estimate of drug-likeness (QED) is 0.881. The zero-order valence-electron chi connectivity index (χ0n) is 9.25. The van der Waals surface area contributed by atoms with E-state index in [-0.39, 0.29) is 18.0 Å². The molecule has 1 aromatic carbocycles. The summed E-state index contributed by atoms with van der Waals surface area (Å²) in [6.45, 7) is 0. The molecular formula is C12H14BrClN2O. The number of amides is 1. The van der Waals surface area contributed by atoms with Crippen molar-refractivity contribution in [3.8, 4) is 0 Å². The van der Waals surface area contributed by atoms with Gasteiger partial charge in [-0.25, -0.2) is 0 Å². The maximum Gasteiger partial charge on any atom is 0.251 e. The first-order valence-corrected chi connectivity index (χ1v) is 6.76. The fourth-order valence-corrected chi connectivity index (χ4v) is 2.55. The molecular weight excluding hydrogens is 304 g/mol. The molecule has 2 atom stereocenters. The summed E-state index contributed by atoms with van der Waals surface area (Å²) < 4.78 is 0.725. The predicted octanol–water partition coefficient (Wildman–Crippen LogP) is 2.71. The Bertz CT molecular complexity index is 439. The maximum absolute atomic E-state index is 12.0. The lowest BCUT2D eigenvalue weighted by atomic mass is 10.1. The van der Waals surface area contributed by atoms with Gasteiger partial charge in [0.25, 0.3) is 5.91 Å². The lowest BCUT2D eigenvalue weighted by Crippen LogP contribution is -2.43. The van der Waals surface area contributed by atoms with E-state index in [0.717, 1.165) is 23.7 Å². The molecule has 0 aliphatic heterocycles. The number of hydrogen-bond donors (Lipinski definition) is 2. The first-order chi connectivity index (χ1) is 8.08. The van der Waals surface area contributed by atoms with Crippen molar-refractivity contribution in [2.45, 2.75) is 31.3 Å². The van der Waals surface area contributed by atoms with E-state index in [1.165, 1.54) is 0 Å². The largest absolute Gasteiger partial charge is 0.348 e. The number of nitrogens with one attached hydrogen (secondary N) is 1. The summed E-state index contributed by atoms with van der Waals surface area (Å²) in [7, 11) is 0. The monoisotopic (exact) mass is 316 g/mol. The molecule has 17 heavy (non-hydrogen) atoms. The molecule has 0 bridgehead atoms. The number of hydrogen-bond acceptors (Lipinski definition) is 2. The van der Waals surface area contributed by atoms with Crippen LogP contribution in [-0.2, 0) is 0 Å². The van der Waals surface area contributed by atoms with E-state index in [2.05, 4.69) is 21.2 Å². The Morgan fingerprint density at radius 2 is 2.24 bits per heavy atom. The first-order valence-electron chi connectivity index (χ1n) is 5.59. The van der Waals surface area contributed by atoms with E-state index >= 15 is 0 Å². The number of carbonyl (C=O) groups is 1. The maximum atomic E-state index is 12.0. The predicted molar refractivity (Wildman–Crippen MR) is 72.2 cm³/mol. The van der Waals surface area contributed by atoms with Crippen LogP contribution >= 0.6 is 27.5 Å². The van der Waals surface area contributed by atoms with E-state index in [4.69, 9.17) is 17.3 Å². The van der Waals surface area contributed by atoms with Crippen molar-refractivity contribution >= 4 is 33.4 Å². The van der Waals surface area contributed by atoms with Crippen molar-refractivity contribution in [2.75, 3.05) is 0 Å². The number of carbonyl (C=O) groups excluding carboxylic acids is 1. The van der Waals surface area contributed by atoms with Crippen molar-refractivity contribution in [3.63, 3.8) is 0 Å². The molecule has 0 spiro atoms. The van der Waals surface area contributed by atoms with E-state index in [1.807, 2.05) is 0 Å². The van der Waals surface area contributed by atoms with E-state index in [1.54, 1.807) is 18.2 Å². The van der Waals surface area contributed by atoms with Gasteiger partial charge in [-0.2, -0.15) is 0 Å². The summed E-state index contributed by atoms with van der Waals surface area (Å²) in [4.78, 5) is 12.0. The summed E-state index contributed by atoms with van der Waals surface area (Å²) in [5.41, 5.74) is 6.51. The lowest BCUT2D eigenvalue weighted by Gasteiger charge is -2.17. The van der Waals surface area contributed by atoms with Crippen molar-refractivity contribution in [2.24, 2.45) is 5.73 Å². The summed E-state index contributed by atoms with van der Waals surface area (Å²) in [5.74, 6) is -0.0929. The molecule has 1 amide bonds. The molecule has 0 radical (unpaired) electrons. The summed E-state index contributed by atoms with van der Waals surface area (Å²) in [6.07, 6.45) is 3.02. The molecule has 5 heteroatoms. The van der Waals surface area contributed by atoms with Crippen LogP contribution in [-0.4, -0.2) is 18.0 Å². The molecule has 92 valence electrons. The van der Waals surface area contributed by atoms with Gasteiger partial charge in [0.2, 0.25) is 0 Å². The molecule has 0 aromatic heterocycles. The third kappa shape index (κ3) is 3.00. The zero-order chi connectivity index (χ0) is 12.4. The molecule has 1 aromatic rings. The highest BCUT2D eigenvalue weighted by Crippen LogP contribution is 2.23. The molecule has 1 saturated carbocycles. The molecule has 1 aliphatic rings. The van der Waals surface area contributed by atoms with Gasteiger partial charge in [0.1, 0.15) is 0 Å². The molecule has 3 N–H and O–H groups in total.